The first-order valence-electron chi connectivity index (χ1n) is 5.50. The molecule has 0 bridgehead atoms. The zero-order valence-corrected chi connectivity index (χ0v) is 11.2. The molecule has 0 aromatic heterocycles. The molecule has 0 aromatic rings. The van der Waals surface area contributed by atoms with Crippen LogP contribution in [0.25, 0.3) is 0 Å². The van der Waals surface area contributed by atoms with Gasteiger partial charge in [0.2, 0.25) is 5.91 Å². The Morgan fingerprint density at radius 1 is 1.50 bits per heavy atom. The maximum atomic E-state index is 11.8. The summed E-state index contributed by atoms with van der Waals surface area (Å²) in [4.78, 5) is 24.5. The number of hydrogen-bond acceptors (Lipinski definition) is 4. The highest BCUT2D eigenvalue weighted by Crippen LogP contribution is 2.07. The number of rotatable bonds is 4. The molecular weight excluding hydrogens is 236 g/mol. The molecule has 1 atom stereocenters. The largest absolute Gasteiger partial charge is 0.444 e. The van der Waals surface area contributed by atoms with Crippen LogP contribution in [0.2, 0.25) is 0 Å². The zero-order valence-electron chi connectivity index (χ0n) is 11.2. The van der Waals surface area contributed by atoms with Crippen LogP contribution in [0.1, 0.15) is 20.8 Å². The molecule has 18 heavy (non-hydrogen) atoms. The van der Waals surface area contributed by atoms with Crippen molar-refractivity contribution in [3.8, 4) is 12.3 Å². The molecule has 0 saturated carbocycles. The normalized spacial score (nSPS) is 12.2. The Hall–Kier alpha value is -1.74. The standard InChI is InChI=1S/C12H20N2O4/c1-6-7-14(5)10(16)9(8-15)13-11(17)18-12(2,3)4/h1,9,15H,7-8H2,2-5H3,(H,13,17)/t9-/m0/s1. The minimum atomic E-state index is -1.06. The van der Waals surface area contributed by atoms with Crippen LogP contribution < -0.4 is 5.32 Å². The number of carbonyl (C=O) groups is 2. The van der Waals surface area contributed by atoms with Crippen molar-refractivity contribution in [3.05, 3.63) is 0 Å². The molecule has 2 amide bonds. The van der Waals surface area contributed by atoms with E-state index in [-0.39, 0.29) is 6.54 Å². The summed E-state index contributed by atoms with van der Waals surface area (Å²) in [6.45, 7) is 4.69. The Morgan fingerprint density at radius 3 is 2.44 bits per heavy atom. The number of hydrogen-bond donors (Lipinski definition) is 2. The lowest BCUT2D eigenvalue weighted by Gasteiger charge is -2.24. The van der Waals surface area contributed by atoms with E-state index in [4.69, 9.17) is 16.3 Å². The van der Waals surface area contributed by atoms with Gasteiger partial charge in [-0.15, -0.1) is 6.42 Å². The Bertz CT molecular complexity index is 341. The predicted molar refractivity (Wildman–Crippen MR) is 66.7 cm³/mol. The van der Waals surface area contributed by atoms with Crippen LogP contribution in [0, 0.1) is 12.3 Å². The Kier molecular flexibility index (Phi) is 6.20. The predicted octanol–water partition coefficient (Wildman–Crippen LogP) is -0.0364. The number of ether oxygens (including phenoxy) is 1. The van der Waals surface area contributed by atoms with Crippen LogP contribution in [0.5, 0.6) is 0 Å². The number of likely N-dealkylation sites (N-methyl/N-ethyl adjacent to an activating group) is 1. The summed E-state index contributed by atoms with van der Waals surface area (Å²) in [5.41, 5.74) is -0.669. The third-order valence-corrected chi connectivity index (χ3v) is 1.88. The van der Waals surface area contributed by atoms with Gasteiger partial charge in [0.25, 0.3) is 0 Å². The van der Waals surface area contributed by atoms with E-state index >= 15 is 0 Å². The highest BCUT2D eigenvalue weighted by Gasteiger charge is 2.25. The average Bonchev–Trinajstić information content (AvgIpc) is 2.22. The van der Waals surface area contributed by atoms with E-state index in [2.05, 4.69) is 11.2 Å². The van der Waals surface area contributed by atoms with Crippen molar-refractivity contribution in [1.82, 2.24) is 10.2 Å². The lowest BCUT2D eigenvalue weighted by Crippen LogP contribution is -2.50. The fourth-order valence-corrected chi connectivity index (χ4v) is 1.12. The monoisotopic (exact) mass is 256 g/mol. The summed E-state index contributed by atoms with van der Waals surface area (Å²) in [6, 6.07) is -1.06. The summed E-state index contributed by atoms with van der Waals surface area (Å²) in [5, 5.41) is 11.4. The van der Waals surface area contributed by atoms with Crippen LogP contribution in [-0.2, 0) is 9.53 Å². The number of carbonyl (C=O) groups excluding carboxylic acids is 2. The molecule has 0 aromatic carbocycles. The second kappa shape index (κ2) is 6.87. The van der Waals surface area contributed by atoms with Crippen LogP contribution in [0.4, 0.5) is 4.79 Å². The molecule has 6 heteroatoms. The number of aliphatic hydroxyl groups is 1. The van der Waals surface area contributed by atoms with E-state index in [1.807, 2.05) is 0 Å². The molecule has 0 unspecified atom stereocenters. The van der Waals surface area contributed by atoms with Crippen LogP contribution >= 0.6 is 0 Å². The van der Waals surface area contributed by atoms with Gasteiger partial charge in [0, 0.05) is 7.05 Å². The maximum Gasteiger partial charge on any atom is 0.408 e. The fraction of sp³-hybridized carbons (Fsp3) is 0.667. The Labute approximate surface area is 107 Å². The van der Waals surface area contributed by atoms with Crippen molar-refractivity contribution < 1.29 is 19.4 Å². The smallest absolute Gasteiger partial charge is 0.408 e. The van der Waals surface area contributed by atoms with Crippen molar-refractivity contribution >= 4 is 12.0 Å². The van der Waals surface area contributed by atoms with E-state index in [1.54, 1.807) is 20.8 Å². The molecule has 0 spiro atoms. The molecule has 0 saturated heterocycles. The van der Waals surface area contributed by atoms with Gasteiger partial charge in [-0.2, -0.15) is 0 Å². The lowest BCUT2D eigenvalue weighted by atomic mass is 10.2. The first-order valence-corrected chi connectivity index (χ1v) is 5.50. The van der Waals surface area contributed by atoms with Gasteiger partial charge < -0.3 is 20.1 Å². The van der Waals surface area contributed by atoms with E-state index in [0.29, 0.717) is 0 Å². The van der Waals surface area contributed by atoms with Gasteiger partial charge in [0.1, 0.15) is 11.6 Å². The molecule has 102 valence electrons. The molecule has 2 N–H and O–H groups in total. The van der Waals surface area contributed by atoms with E-state index in [9.17, 15) is 9.59 Å². The molecule has 0 heterocycles. The van der Waals surface area contributed by atoms with Gasteiger partial charge in [-0.25, -0.2) is 4.79 Å². The first kappa shape index (κ1) is 16.3. The van der Waals surface area contributed by atoms with Gasteiger partial charge in [-0.05, 0) is 20.8 Å². The molecule has 0 aliphatic heterocycles. The van der Waals surface area contributed by atoms with Gasteiger partial charge in [0.15, 0.2) is 0 Å². The van der Waals surface area contributed by atoms with Crippen molar-refractivity contribution in [2.24, 2.45) is 0 Å². The fourth-order valence-electron chi connectivity index (χ4n) is 1.12. The van der Waals surface area contributed by atoms with E-state index < -0.39 is 30.3 Å². The van der Waals surface area contributed by atoms with Crippen LogP contribution in [0.3, 0.4) is 0 Å². The SMILES string of the molecule is C#CCN(C)C(=O)[C@H](CO)NC(=O)OC(C)(C)C. The molecule has 0 rings (SSSR count). The lowest BCUT2D eigenvalue weighted by molar-refractivity contribution is -0.132. The number of alkyl carbamates (subject to hydrolysis) is 1. The molecule has 0 fully saturated rings. The van der Waals surface area contributed by atoms with Crippen molar-refractivity contribution in [3.63, 3.8) is 0 Å². The number of amides is 2. The number of aliphatic hydroxyl groups excluding tert-OH is 1. The molecule has 0 aliphatic carbocycles. The van der Waals surface area contributed by atoms with Crippen molar-refractivity contribution in [2.75, 3.05) is 20.2 Å². The Balaban J connectivity index is 4.48. The van der Waals surface area contributed by atoms with Crippen molar-refractivity contribution in [2.45, 2.75) is 32.4 Å². The van der Waals surface area contributed by atoms with Crippen LogP contribution in [-0.4, -0.2) is 53.8 Å². The summed E-state index contributed by atoms with van der Waals surface area (Å²) in [6.07, 6.45) is 4.31. The van der Waals surface area contributed by atoms with Crippen molar-refractivity contribution in [1.29, 1.82) is 0 Å². The highest BCUT2D eigenvalue weighted by molar-refractivity contribution is 5.85. The zero-order chi connectivity index (χ0) is 14.3. The van der Waals surface area contributed by atoms with Gasteiger partial charge in [0.05, 0.1) is 13.2 Å². The molecule has 0 aliphatic rings. The first-order chi connectivity index (χ1) is 8.21. The highest BCUT2D eigenvalue weighted by atomic mass is 16.6. The summed E-state index contributed by atoms with van der Waals surface area (Å²) in [5.74, 6) is 1.83. The summed E-state index contributed by atoms with van der Waals surface area (Å²) in [7, 11) is 1.49. The topological polar surface area (TPSA) is 78.9 Å². The minimum absolute atomic E-state index is 0.103. The number of terminal acetylenes is 1. The quantitative estimate of drug-likeness (QED) is 0.692. The number of nitrogens with one attached hydrogen (secondary N) is 1. The average molecular weight is 256 g/mol. The van der Waals surface area contributed by atoms with Gasteiger partial charge >= 0.3 is 6.09 Å². The third kappa shape index (κ3) is 6.11. The Morgan fingerprint density at radius 2 is 2.06 bits per heavy atom. The van der Waals surface area contributed by atoms with Gasteiger partial charge in [-0.1, -0.05) is 5.92 Å². The summed E-state index contributed by atoms with van der Waals surface area (Å²) < 4.78 is 4.99. The molecule has 0 radical (unpaired) electrons. The van der Waals surface area contributed by atoms with E-state index in [0.717, 1.165) is 0 Å². The molecule has 6 nitrogen and oxygen atoms in total. The van der Waals surface area contributed by atoms with Crippen LogP contribution in [0.15, 0.2) is 0 Å². The second-order valence-electron chi connectivity index (χ2n) is 4.78. The molecular formula is C12H20N2O4. The maximum absolute atomic E-state index is 11.8. The third-order valence-electron chi connectivity index (χ3n) is 1.88. The number of nitrogens with zero attached hydrogens (tertiary/aromatic N) is 1. The van der Waals surface area contributed by atoms with E-state index in [1.165, 1.54) is 11.9 Å². The summed E-state index contributed by atoms with van der Waals surface area (Å²) >= 11 is 0. The van der Waals surface area contributed by atoms with Gasteiger partial charge in [-0.3, -0.25) is 4.79 Å². The second-order valence-corrected chi connectivity index (χ2v) is 4.78. The minimum Gasteiger partial charge on any atom is -0.444 e.